The normalized spacial score (nSPS) is 17.9. The largest absolute Gasteiger partial charge is 0.384 e. The van der Waals surface area contributed by atoms with Crippen molar-refractivity contribution in [2.75, 3.05) is 0 Å². The van der Waals surface area contributed by atoms with Crippen LogP contribution in [0.3, 0.4) is 0 Å². The third-order valence-corrected chi connectivity index (χ3v) is 5.45. The summed E-state index contributed by atoms with van der Waals surface area (Å²) in [6, 6.07) is 5.46. The van der Waals surface area contributed by atoms with Gasteiger partial charge in [-0.15, -0.1) is 11.3 Å². The van der Waals surface area contributed by atoms with Gasteiger partial charge in [-0.3, -0.25) is 10.2 Å². The molecule has 4 heteroatoms. The Morgan fingerprint density at radius 3 is 3.00 bits per heavy atom. The van der Waals surface area contributed by atoms with Gasteiger partial charge in [0, 0.05) is 26.1 Å². The van der Waals surface area contributed by atoms with Crippen LogP contribution in [0.15, 0.2) is 23.0 Å². The standard InChI is InChI=1S/C16H18N2OS/c1-2-9-3-5-11-13(7-9)20-14-8-10(16(17)18)4-6-12(14)15(11)19/h4,6,8-9H,2-3,5,7H2,1H3,(H3,17,18). The lowest BCUT2D eigenvalue weighted by Crippen LogP contribution is -2.20. The number of nitrogens with one attached hydrogen (secondary N) is 1. The van der Waals surface area contributed by atoms with Crippen LogP contribution in [0.2, 0.25) is 0 Å². The SMILES string of the molecule is CCC1CCc2c(sc3cc(C(=N)N)ccc3c2=O)C1. The highest BCUT2D eigenvalue weighted by atomic mass is 32.1. The van der Waals surface area contributed by atoms with Crippen LogP contribution in [0, 0.1) is 11.3 Å². The highest BCUT2D eigenvalue weighted by Crippen LogP contribution is 2.32. The van der Waals surface area contributed by atoms with E-state index in [0.717, 1.165) is 34.9 Å². The number of nitrogens with two attached hydrogens (primary N) is 1. The molecule has 0 amide bonds. The number of fused-ring (bicyclic) bond motifs is 2. The maximum Gasteiger partial charge on any atom is 0.191 e. The summed E-state index contributed by atoms with van der Waals surface area (Å²) in [6.45, 7) is 2.22. The Kier molecular flexibility index (Phi) is 3.34. The molecule has 1 aliphatic carbocycles. The second kappa shape index (κ2) is 5.02. The molecule has 1 aliphatic rings. The molecule has 2 aromatic rings. The van der Waals surface area contributed by atoms with Crippen LogP contribution >= 0.6 is 11.3 Å². The van der Waals surface area contributed by atoms with Crippen LogP contribution in [-0.2, 0) is 12.8 Å². The fourth-order valence-electron chi connectivity index (χ4n) is 2.92. The van der Waals surface area contributed by atoms with E-state index in [0.29, 0.717) is 11.5 Å². The van der Waals surface area contributed by atoms with Crippen molar-refractivity contribution < 1.29 is 0 Å². The Labute approximate surface area is 121 Å². The molecule has 0 saturated heterocycles. The molecule has 1 heterocycles. The molecule has 1 unspecified atom stereocenters. The van der Waals surface area contributed by atoms with Gasteiger partial charge in [-0.25, -0.2) is 0 Å². The smallest absolute Gasteiger partial charge is 0.191 e. The average molecular weight is 286 g/mol. The summed E-state index contributed by atoms with van der Waals surface area (Å²) in [5, 5.41) is 8.29. The van der Waals surface area contributed by atoms with Gasteiger partial charge in [-0.05, 0) is 37.3 Å². The minimum absolute atomic E-state index is 0.0516. The molecule has 0 bridgehead atoms. The summed E-state index contributed by atoms with van der Waals surface area (Å²) in [5.41, 5.74) is 7.42. The summed E-state index contributed by atoms with van der Waals surface area (Å²) < 4.78 is 0.957. The van der Waals surface area contributed by atoms with Crippen LogP contribution in [0.5, 0.6) is 0 Å². The lowest BCUT2D eigenvalue weighted by molar-refractivity contribution is 0.448. The minimum Gasteiger partial charge on any atom is -0.384 e. The van der Waals surface area contributed by atoms with Gasteiger partial charge in [-0.2, -0.15) is 0 Å². The zero-order chi connectivity index (χ0) is 14.3. The highest BCUT2D eigenvalue weighted by Gasteiger charge is 2.21. The van der Waals surface area contributed by atoms with E-state index in [1.807, 2.05) is 12.1 Å². The molecule has 0 fully saturated rings. The Balaban J connectivity index is 2.20. The quantitative estimate of drug-likeness (QED) is 0.658. The molecule has 0 saturated carbocycles. The van der Waals surface area contributed by atoms with Crippen molar-refractivity contribution in [1.29, 1.82) is 5.41 Å². The summed E-state index contributed by atoms with van der Waals surface area (Å²) in [6.07, 6.45) is 4.23. The van der Waals surface area contributed by atoms with Crippen molar-refractivity contribution in [3.63, 3.8) is 0 Å². The van der Waals surface area contributed by atoms with E-state index in [9.17, 15) is 4.79 Å². The van der Waals surface area contributed by atoms with Crippen LogP contribution in [-0.4, -0.2) is 5.84 Å². The minimum atomic E-state index is 0.0516. The first-order chi connectivity index (χ1) is 9.60. The first-order valence-electron chi connectivity index (χ1n) is 7.03. The number of hydrogen-bond acceptors (Lipinski definition) is 3. The number of nitrogen functional groups attached to an aromatic ring is 1. The van der Waals surface area contributed by atoms with E-state index in [2.05, 4.69) is 6.92 Å². The Morgan fingerprint density at radius 1 is 1.50 bits per heavy atom. The van der Waals surface area contributed by atoms with Crippen molar-refractivity contribution in [3.8, 4) is 0 Å². The van der Waals surface area contributed by atoms with E-state index in [1.54, 1.807) is 17.4 Å². The fraction of sp³-hybridized carbons (Fsp3) is 0.375. The molecular weight excluding hydrogens is 268 g/mol. The number of rotatable bonds is 2. The van der Waals surface area contributed by atoms with Gasteiger partial charge in [-0.1, -0.05) is 19.4 Å². The zero-order valence-electron chi connectivity index (χ0n) is 11.5. The maximum atomic E-state index is 12.6. The second-order valence-electron chi connectivity index (χ2n) is 5.47. The predicted molar refractivity (Wildman–Crippen MR) is 84.9 cm³/mol. The molecule has 0 aliphatic heterocycles. The number of hydrogen-bond donors (Lipinski definition) is 2. The molecule has 0 spiro atoms. The third-order valence-electron chi connectivity index (χ3n) is 4.24. The molecule has 3 nitrogen and oxygen atoms in total. The van der Waals surface area contributed by atoms with Gasteiger partial charge in [0.05, 0.1) is 0 Å². The van der Waals surface area contributed by atoms with Crippen molar-refractivity contribution in [3.05, 3.63) is 44.4 Å². The Hall–Kier alpha value is -1.68. The molecule has 3 rings (SSSR count). The van der Waals surface area contributed by atoms with E-state index in [4.69, 9.17) is 11.1 Å². The van der Waals surface area contributed by atoms with E-state index in [1.165, 1.54) is 11.3 Å². The maximum absolute atomic E-state index is 12.6. The number of amidine groups is 1. The molecule has 1 aromatic heterocycles. The lowest BCUT2D eigenvalue weighted by atomic mass is 9.86. The molecule has 3 N–H and O–H groups in total. The van der Waals surface area contributed by atoms with Gasteiger partial charge in [0.2, 0.25) is 0 Å². The van der Waals surface area contributed by atoms with Crippen molar-refractivity contribution in [2.24, 2.45) is 11.7 Å². The van der Waals surface area contributed by atoms with Crippen LogP contribution in [0.1, 0.15) is 35.8 Å². The molecule has 1 aromatic carbocycles. The summed E-state index contributed by atoms with van der Waals surface area (Å²) >= 11 is 1.70. The monoisotopic (exact) mass is 286 g/mol. The second-order valence-corrected chi connectivity index (χ2v) is 6.61. The van der Waals surface area contributed by atoms with Gasteiger partial charge in [0.25, 0.3) is 0 Å². The highest BCUT2D eigenvalue weighted by molar-refractivity contribution is 7.18. The van der Waals surface area contributed by atoms with Crippen molar-refractivity contribution >= 4 is 27.3 Å². The summed E-state index contributed by atoms with van der Waals surface area (Å²) in [4.78, 5) is 13.8. The van der Waals surface area contributed by atoms with Gasteiger partial charge in [0.15, 0.2) is 5.43 Å². The van der Waals surface area contributed by atoms with Crippen LogP contribution in [0.4, 0.5) is 0 Å². The van der Waals surface area contributed by atoms with Gasteiger partial charge < -0.3 is 5.73 Å². The van der Waals surface area contributed by atoms with Crippen molar-refractivity contribution in [2.45, 2.75) is 32.6 Å². The molecule has 20 heavy (non-hydrogen) atoms. The molecule has 1 atom stereocenters. The summed E-state index contributed by atoms with van der Waals surface area (Å²) in [7, 11) is 0. The van der Waals surface area contributed by atoms with E-state index < -0.39 is 0 Å². The zero-order valence-corrected chi connectivity index (χ0v) is 12.3. The molecule has 104 valence electrons. The lowest BCUT2D eigenvalue weighted by Gasteiger charge is -2.22. The van der Waals surface area contributed by atoms with Crippen LogP contribution < -0.4 is 11.2 Å². The molecule has 0 radical (unpaired) electrons. The molecular formula is C16H18N2OS. The first-order valence-corrected chi connectivity index (χ1v) is 7.84. The van der Waals surface area contributed by atoms with Gasteiger partial charge in [0.1, 0.15) is 5.84 Å². The van der Waals surface area contributed by atoms with E-state index >= 15 is 0 Å². The topological polar surface area (TPSA) is 66.9 Å². The van der Waals surface area contributed by atoms with Crippen LogP contribution in [0.25, 0.3) is 10.1 Å². The fourth-order valence-corrected chi connectivity index (χ4v) is 4.28. The van der Waals surface area contributed by atoms with E-state index in [-0.39, 0.29) is 11.3 Å². The summed E-state index contributed by atoms with van der Waals surface area (Å²) in [5.74, 6) is 0.752. The predicted octanol–water partition coefficient (Wildman–Crippen LogP) is 3.06. The third kappa shape index (κ3) is 2.14. The van der Waals surface area contributed by atoms with Gasteiger partial charge >= 0.3 is 0 Å². The number of benzene rings is 1. The Morgan fingerprint density at radius 2 is 2.30 bits per heavy atom. The van der Waals surface area contributed by atoms with Crippen molar-refractivity contribution in [1.82, 2.24) is 0 Å². The average Bonchev–Trinajstić information content (AvgIpc) is 2.46. The first kappa shape index (κ1) is 13.3. The Bertz CT molecular complexity index is 748.